The fourth-order valence-electron chi connectivity index (χ4n) is 2.87. The second-order valence-corrected chi connectivity index (χ2v) is 5.18. The maximum Gasteiger partial charge on any atom is 0.167 e. The Bertz CT molecular complexity index is 696. The summed E-state index contributed by atoms with van der Waals surface area (Å²) in [4.78, 5) is 12.4. The number of ketones is 1. The van der Waals surface area contributed by atoms with E-state index in [4.69, 9.17) is 9.47 Å². The van der Waals surface area contributed by atoms with Gasteiger partial charge in [-0.15, -0.1) is 0 Å². The topological polar surface area (TPSA) is 47.6 Å². The van der Waals surface area contributed by atoms with Gasteiger partial charge in [0.15, 0.2) is 17.3 Å². The number of rotatable bonds is 4. The minimum absolute atomic E-state index is 0.113. The number of para-hydroxylation sites is 2. The number of benzene rings is 2. The lowest BCUT2D eigenvalue weighted by Crippen LogP contribution is -2.23. The van der Waals surface area contributed by atoms with Gasteiger partial charge in [0.25, 0.3) is 0 Å². The Morgan fingerprint density at radius 3 is 2.77 bits per heavy atom. The molecule has 0 saturated carbocycles. The molecule has 1 aliphatic rings. The number of fused-ring (bicyclic) bond motifs is 1. The summed E-state index contributed by atoms with van der Waals surface area (Å²) >= 11 is 0. The number of carbonyl (C=O) groups is 1. The average molecular weight is 297 g/mol. The Balaban J connectivity index is 1.99. The van der Waals surface area contributed by atoms with Crippen molar-refractivity contribution in [3.8, 4) is 11.5 Å². The van der Waals surface area contributed by atoms with Gasteiger partial charge in [-0.1, -0.05) is 24.3 Å². The molecular weight excluding hydrogens is 278 g/mol. The number of nitrogens with one attached hydrogen (secondary N) is 1. The minimum atomic E-state index is -0.113. The molecule has 3 rings (SSSR count). The molecule has 2 aromatic carbocycles. The molecule has 114 valence electrons. The minimum Gasteiger partial charge on any atom is -0.492 e. The molecule has 0 aliphatic carbocycles. The van der Waals surface area contributed by atoms with E-state index in [9.17, 15) is 4.79 Å². The van der Waals surface area contributed by atoms with Crippen LogP contribution in [0.25, 0.3) is 0 Å². The summed E-state index contributed by atoms with van der Waals surface area (Å²) in [5.41, 5.74) is 2.56. The fraction of sp³-hybridized carbons (Fsp3) is 0.278. The van der Waals surface area contributed by atoms with E-state index in [1.54, 1.807) is 7.11 Å². The molecule has 1 unspecified atom stereocenters. The van der Waals surface area contributed by atoms with E-state index >= 15 is 0 Å². The number of anilines is 1. The van der Waals surface area contributed by atoms with Crippen molar-refractivity contribution >= 4 is 11.5 Å². The quantitative estimate of drug-likeness (QED) is 0.931. The summed E-state index contributed by atoms with van der Waals surface area (Å²) in [5.74, 6) is 1.54. The van der Waals surface area contributed by atoms with Gasteiger partial charge >= 0.3 is 0 Å². The van der Waals surface area contributed by atoms with Crippen molar-refractivity contribution in [2.24, 2.45) is 0 Å². The largest absolute Gasteiger partial charge is 0.492 e. The lowest BCUT2D eigenvalue weighted by atomic mass is 9.92. The Morgan fingerprint density at radius 1 is 1.18 bits per heavy atom. The number of hydrogen-bond donors (Lipinski definition) is 1. The molecule has 2 aromatic rings. The predicted octanol–water partition coefficient (Wildman–Crippen LogP) is 3.83. The highest BCUT2D eigenvalue weighted by Gasteiger charge is 2.28. The number of carbonyl (C=O) groups excluding carboxylic acids is 1. The van der Waals surface area contributed by atoms with Crippen LogP contribution in [-0.4, -0.2) is 19.5 Å². The van der Waals surface area contributed by atoms with Gasteiger partial charge in [-0.25, -0.2) is 0 Å². The van der Waals surface area contributed by atoms with Crippen LogP contribution >= 0.6 is 0 Å². The summed E-state index contributed by atoms with van der Waals surface area (Å²) in [7, 11) is 1.62. The molecule has 0 spiro atoms. The molecule has 1 N–H and O–H groups in total. The second-order valence-electron chi connectivity index (χ2n) is 5.18. The zero-order valence-electron chi connectivity index (χ0n) is 12.8. The number of ether oxygens (including phenoxy) is 2. The maximum absolute atomic E-state index is 12.4. The zero-order chi connectivity index (χ0) is 15.5. The Labute approximate surface area is 130 Å². The standard InChI is InChI=1S/C18H19NO3/c1-3-22-17-10-6-8-13(18(17)21-2)15-11-16(20)12-7-4-5-9-14(12)19-15/h4-10,15,19H,3,11H2,1-2H3. The van der Waals surface area contributed by atoms with Crippen LogP contribution in [0.2, 0.25) is 0 Å². The van der Waals surface area contributed by atoms with Gasteiger partial charge in [0.05, 0.1) is 19.8 Å². The van der Waals surface area contributed by atoms with Gasteiger partial charge < -0.3 is 14.8 Å². The molecule has 4 nitrogen and oxygen atoms in total. The van der Waals surface area contributed by atoms with E-state index < -0.39 is 0 Å². The first kappa shape index (κ1) is 14.4. The lowest BCUT2D eigenvalue weighted by Gasteiger charge is -2.28. The molecule has 4 heteroatoms. The number of Topliss-reactive ketones (excluding diaryl/α,β-unsaturated/α-hetero) is 1. The van der Waals surface area contributed by atoms with E-state index in [-0.39, 0.29) is 11.8 Å². The molecule has 0 bridgehead atoms. The van der Waals surface area contributed by atoms with Crippen LogP contribution < -0.4 is 14.8 Å². The summed E-state index contributed by atoms with van der Waals surface area (Å²) in [6.45, 7) is 2.50. The third-order valence-electron chi connectivity index (χ3n) is 3.84. The van der Waals surface area contributed by atoms with E-state index in [1.807, 2.05) is 49.4 Å². The molecule has 1 heterocycles. The monoisotopic (exact) mass is 297 g/mol. The van der Waals surface area contributed by atoms with Crippen molar-refractivity contribution in [2.75, 3.05) is 19.0 Å². The third-order valence-corrected chi connectivity index (χ3v) is 3.84. The van der Waals surface area contributed by atoms with E-state index in [0.717, 1.165) is 16.8 Å². The summed E-state index contributed by atoms with van der Waals surface area (Å²) in [6, 6.07) is 13.3. The van der Waals surface area contributed by atoms with Crippen molar-refractivity contribution in [1.29, 1.82) is 0 Å². The highest BCUT2D eigenvalue weighted by molar-refractivity contribution is 6.03. The molecule has 0 fully saturated rings. The molecule has 0 amide bonds. The van der Waals surface area contributed by atoms with Crippen molar-refractivity contribution in [3.63, 3.8) is 0 Å². The zero-order valence-corrected chi connectivity index (χ0v) is 12.8. The van der Waals surface area contributed by atoms with Gasteiger partial charge in [0.1, 0.15) is 0 Å². The first-order valence-electron chi connectivity index (χ1n) is 7.43. The number of hydrogen-bond acceptors (Lipinski definition) is 4. The van der Waals surface area contributed by atoms with Gasteiger partial charge in [-0.05, 0) is 25.1 Å². The van der Waals surface area contributed by atoms with Gasteiger partial charge in [-0.3, -0.25) is 4.79 Å². The van der Waals surface area contributed by atoms with Gasteiger partial charge in [-0.2, -0.15) is 0 Å². The summed E-state index contributed by atoms with van der Waals surface area (Å²) < 4.78 is 11.1. The van der Waals surface area contributed by atoms with Crippen LogP contribution in [0.5, 0.6) is 11.5 Å². The van der Waals surface area contributed by atoms with Crippen LogP contribution in [0.15, 0.2) is 42.5 Å². The van der Waals surface area contributed by atoms with Crippen LogP contribution in [-0.2, 0) is 0 Å². The fourth-order valence-corrected chi connectivity index (χ4v) is 2.87. The van der Waals surface area contributed by atoms with Crippen molar-refractivity contribution in [1.82, 2.24) is 0 Å². The van der Waals surface area contributed by atoms with Crippen molar-refractivity contribution < 1.29 is 14.3 Å². The SMILES string of the molecule is CCOc1cccc(C2CC(=O)c3ccccc3N2)c1OC. The van der Waals surface area contributed by atoms with E-state index in [0.29, 0.717) is 24.5 Å². The molecule has 0 radical (unpaired) electrons. The third kappa shape index (κ3) is 2.52. The smallest absolute Gasteiger partial charge is 0.167 e. The summed E-state index contributed by atoms with van der Waals surface area (Å²) in [5, 5.41) is 3.43. The first-order chi connectivity index (χ1) is 10.7. The number of methoxy groups -OCH3 is 1. The second kappa shape index (κ2) is 6.10. The highest BCUT2D eigenvalue weighted by atomic mass is 16.5. The predicted molar refractivity (Wildman–Crippen MR) is 85.9 cm³/mol. The highest BCUT2D eigenvalue weighted by Crippen LogP contribution is 2.40. The van der Waals surface area contributed by atoms with E-state index in [2.05, 4.69) is 5.32 Å². The average Bonchev–Trinajstić information content (AvgIpc) is 2.55. The Kier molecular flexibility index (Phi) is 4.00. The normalized spacial score (nSPS) is 16.6. The maximum atomic E-state index is 12.4. The van der Waals surface area contributed by atoms with Crippen molar-refractivity contribution in [2.45, 2.75) is 19.4 Å². The molecule has 0 saturated heterocycles. The van der Waals surface area contributed by atoms with Crippen LogP contribution in [0.1, 0.15) is 35.3 Å². The van der Waals surface area contributed by atoms with Crippen LogP contribution in [0.4, 0.5) is 5.69 Å². The van der Waals surface area contributed by atoms with Gasteiger partial charge in [0, 0.05) is 23.2 Å². The van der Waals surface area contributed by atoms with Gasteiger partial charge in [0.2, 0.25) is 0 Å². The molecular formula is C18H19NO3. The van der Waals surface area contributed by atoms with Crippen LogP contribution in [0, 0.1) is 0 Å². The summed E-state index contributed by atoms with van der Waals surface area (Å²) in [6.07, 6.45) is 0.406. The molecule has 0 aromatic heterocycles. The first-order valence-corrected chi connectivity index (χ1v) is 7.43. The molecule has 22 heavy (non-hydrogen) atoms. The lowest BCUT2D eigenvalue weighted by molar-refractivity contribution is 0.0972. The molecule has 1 atom stereocenters. The van der Waals surface area contributed by atoms with Crippen LogP contribution in [0.3, 0.4) is 0 Å². The molecule has 1 aliphatic heterocycles. The Morgan fingerprint density at radius 2 is 2.00 bits per heavy atom. The van der Waals surface area contributed by atoms with Crippen molar-refractivity contribution in [3.05, 3.63) is 53.6 Å². The van der Waals surface area contributed by atoms with E-state index in [1.165, 1.54) is 0 Å². The Hall–Kier alpha value is -2.49.